The van der Waals surface area contributed by atoms with Gasteiger partial charge in [0, 0.05) is 13.0 Å². The maximum Gasteiger partial charge on any atom is 0.220 e. The van der Waals surface area contributed by atoms with E-state index in [0.29, 0.717) is 24.3 Å². The van der Waals surface area contributed by atoms with Crippen molar-refractivity contribution in [1.29, 1.82) is 0 Å². The summed E-state index contributed by atoms with van der Waals surface area (Å²) in [6.45, 7) is 3.70. The van der Waals surface area contributed by atoms with Gasteiger partial charge in [-0.05, 0) is 55.9 Å². The van der Waals surface area contributed by atoms with Crippen LogP contribution in [0.3, 0.4) is 0 Å². The molecule has 2 saturated carbocycles. The number of carbonyl (C=O) groups is 1. The number of hydrogen-bond donors (Lipinski definition) is 2. The third kappa shape index (κ3) is 2.97. The molecule has 0 saturated heterocycles. The highest BCUT2D eigenvalue weighted by atomic mass is 16.1. The molecule has 0 aliphatic heterocycles. The van der Waals surface area contributed by atoms with E-state index in [9.17, 15) is 4.79 Å². The summed E-state index contributed by atoms with van der Waals surface area (Å²) < 4.78 is 0. The molecule has 2 aliphatic carbocycles. The molecule has 2 fully saturated rings. The molecule has 1 unspecified atom stereocenters. The summed E-state index contributed by atoms with van der Waals surface area (Å²) >= 11 is 0. The smallest absolute Gasteiger partial charge is 0.220 e. The molecule has 0 aromatic rings. The van der Waals surface area contributed by atoms with Crippen molar-refractivity contribution in [3.63, 3.8) is 0 Å². The zero-order chi connectivity index (χ0) is 11.6. The van der Waals surface area contributed by atoms with E-state index in [-0.39, 0.29) is 5.91 Å². The van der Waals surface area contributed by atoms with Gasteiger partial charge < -0.3 is 11.1 Å². The van der Waals surface area contributed by atoms with Crippen LogP contribution in [-0.2, 0) is 4.79 Å². The number of hydrogen-bond acceptors (Lipinski definition) is 2. The molecule has 1 amide bonds. The lowest BCUT2D eigenvalue weighted by Crippen LogP contribution is -2.31. The maximum atomic E-state index is 11.6. The van der Waals surface area contributed by atoms with E-state index in [4.69, 9.17) is 5.73 Å². The fraction of sp³-hybridized carbons (Fsp3) is 0.923. The third-order valence-electron chi connectivity index (χ3n) is 4.24. The van der Waals surface area contributed by atoms with E-state index in [0.717, 1.165) is 18.9 Å². The fourth-order valence-electron chi connectivity index (χ4n) is 2.44. The molecule has 92 valence electrons. The second kappa shape index (κ2) is 4.74. The van der Waals surface area contributed by atoms with Crippen LogP contribution in [-0.4, -0.2) is 19.0 Å². The Labute approximate surface area is 98.2 Å². The van der Waals surface area contributed by atoms with E-state index < -0.39 is 0 Å². The van der Waals surface area contributed by atoms with Gasteiger partial charge in [0.05, 0.1) is 0 Å². The van der Waals surface area contributed by atoms with Gasteiger partial charge in [0.2, 0.25) is 5.91 Å². The van der Waals surface area contributed by atoms with Gasteiger partial charge in [-0.25, -0.2) is 0 Å². The summed E-state index contributed by atoms with van der Waals surface area (Å²) in [6, 6.07) is 0. The summed E-state index contributed by atoms with van der Waals surface area (Å²) in [5.74, 6) is 1.60. The molecule has 0 bridgehead atoms. The molecule has 1 atom stereocenters. The quantitative estimate of drug-likeness (QED) is 0.691. The standard InChI is InChI=1S/C13H24N2O/c1-10(8-14)2-5-12(16)15-9-13(6-7-13)11-3-4-11/h10-11H,2-9,14H2,1H3,(H,15,16). The molecular formula is C13H24N2O. The first-order valence-corrected chi connectivity index (χ1v) is 6.63. The number of nitrogens with two attached hydrogens (primary N) is 1. The Morgan fingerprint density at radius 2 is 2.19 bits per heavy atom. The highest BCUT2D eigenvalue weighted by molar-refractivity contribution is 5.75. The van der Waals surface area contributed by atoms with E-state index >= 15 is 0 Å². The molecule has 16 heavy (non-hydrogen) atoms. The van der Waals surface area contributed by atoms with Crippen molar-refractivity contribution in [1.82, 2.24) is 5.32 Å². The summed E-state index contributed by atoms with van der Waals surface area (Å²) in [5.41, 5.74) is 6.05. The minimum atomic E-state index is 0.215. The first kappa shape index (κ1) is 11.9. The Morgan fingerprint density at radius 1 is 1.50 bits per heavy atom. The van der Waals surface area contributed by atoms with Crippen molar-refractivity contribution in [3.05, 3.63) is 0 Å². The minimum absolute atomic E-state index is 0.215. The van der Waals surface area contributed by atoms with Crippen LogP contribution in [0, 0.1) is 17.3 Å². The van der Waals surface area contributed by atoms with Gasteiger partial charge in [-0.2, -0.15) is 0 Å². The predicted molar refractivity (Wildman–Crippen MR) is 64.9 cm³/mol. The van der Waals surface area contributed by atoms with E-state index in [1.807, 2.05) is 0 Å². The average Bonchev–Trinajstić information content (AvgIpc) is 3.15. The zero-order valence-corrected chi connectivity index (χ0v) is 10.3. The Kier molecular flexibility index (Phi) is 3.53. The van der Waals surface area contributed by atoms with Gasteiger partial charge in [-0.15, -0.1) is 0 Å². The Morgan fingerprint density at radius 3 is 2.69 bits per heavy atom. The van der Waals surface area contributed by atoms with Crippen LogP contribution in [0.5, 0.6) is 0 Å². The van der Waals surface area contributed by atoms with E-state index in [2.05, 4.69) is 12.2 Å². The molecule has 0 radical (unpaired) electrons. The second-order valence-corrected chi connectivity index (χ2v) is 5.79. The van der Waals surface area contributed by atoms with Crippen molar-refractivity contribution >= 4 is 5.91 Å². The number of amides is 1. The SMILES string of the molecule is CC(CN)CCC(=O)NCC1(C2CC2)CC1. The molecule has 0 spiro atoms. The van der Waals surface area contributed by atoms with Gasteiger partial charge in [0.1, 0.15) is 0 Å². The van der Waals surface area contributed by atoms with Gasteiger partial charge in [0.15, 0.2) is 0 Å². The first-order valence-electron chi connectivity index (χ1n) is 6.63. The number of carbonyl (C=O) groups excluding carboxylic acids is 1. The van der Waals surface area contributed by atoms with Crippen LogP contribution in [0.15, 0.2) is 0 Å². The normalized spacial score (nSPS) is 23.9. The van der Waals surface area contributed by atoms with Crippen molar-refractivity contribution in [2.45, 2.75) is 45.4 Å². The van der Waals surface area contributed by atoms with Crippen LogP contribution in [0.2, 0.25) is 0 Å². The zero-order valence-electron chi connectivity index (χ0n) is 10.3. The minimum Gasteiger partial charge on any atom is -0.356 e. The molecule has 3 N–H and O–H groups in total. The number of rotatable bonds is 7. The van der Waals surface area contributed by atoms with Crippen molar-refractivity contribution in [3.8, 4) is 0 Å². The predicted octanol–water partition coefficient (Wildman–Crippen LogP) is 1.67. The Hall–Kier alpha value is -0.570. The van der Waals surface area contributed by atoms with Gasteiger partial charge in [-0.3, -0.25) is 4.79 Å². The molecule has 3 heteroatoms. The lowest BCUT2D eigenvalue weighted by molar-refractivity contribution is -0.121. The van der Waals surface area contributed by atoms with Crippen LogP contribution in [0.25, 0.3) is 0 Å². The molecule has 3 nitrogen and oxygen atoms in total. The van der Waals surface area contributed by atoms with Crippen LogP contribution in [0.1, 0.15) is 45.4 Å². The monoisotopic (exact) mass is 224 g/mol. The highest BCUT2D eigenvalue weighted by Gasteiger charge is 2.53. The summed E-state index contributed by atoms with van der Waals surface area (Å²) in [7, 11) is 0. The van der Waals surface area contributed by atoms with Crippen molar-refractivity contribution < 1.29 is 4.79 Å². The Balaban J connectivity index is 1.60. The Bertz CT molecular complexity index is 257. The molecule has 0 aromatic heterocycles. The topological polar surface area (TPSA) is 55.1 Å². The summed E-state index contributed by atoms with van der Waals surface area (Å²) in [5, 5.41) is 3.11. The molecule has 2 rings (SSSR count). The van der Waals surface area contributed by atoms with Gasteiger partial charge in [-0.1, -0.05) is 6.92 Å². The van der Waals surface area contributed by atoms with E-state index in [1.165, 1.54) is 25.7 Å². The summed E-state index contributed by atoms with van der Waals surface area (Å²) in [4.78, 5) is 11.6. The molecule has 0 aromatic carbocycles. The number of nitrogens with one attached hydrogen (secondary N) is 1. The highest BCUT2D eigenvalue weighted by Crippen LogP contribution is 2.60. The maximum absolute atomic E-state index is 11.6. The van der Waals surface area contributed by atoms with Crippen LogP contribution >= 0.6 is 0 Å². The molecule has 0 heterocycles. The average molecular weight is 224 g/mol. The fourth-order valence-corrected chi connectivity index (χ4v) is 2.44. The molecule has 2 aliphatic rings. The van der Waals surface area contributed by atoms with Crippen LogP contribution < -0.4 is 11.1 Å². The van der Waals surface area contributed by atoms with Gasteiger partial charge in [0.25, 0.3) is 0 Å². The van der Waals surface area contributed by atoms with E-state index in [1.54, 1.807) is 0 Å². The largest absolute Gasteiger partial charge is 0.356 e. The molecular weight excluding hydrogens is 200 g/mol. The van der Waals surface area contributed by atoms with Crippen molar-refractivity contribution in [2.24, 2.45) is 23.0 Å². The third-order valence-corrected chi connectivity index (χ3v) is 4.24. The summed E-state index contributed by atoms with van der Waals surface area (Å²) in [6.07, 6.45) is 6.99. The lowest BCUT2D eigenvalue weighted by atomic mass is 10.0. The first-order chi connectivity index (χ1) is 7.66. The lowest BCUT2D eigenvalue weighted by Gasteiger charge is -2.15. The second-order valence-electron chi connectivity index (χ2n) is 5.79. The van der Waals surface area contributed by atoms with Gasteiger partial charge >= 0.3 is 0 Å². The van der Waals surface area contributed by atoms with Crippen LogP contribution in [0.4, 0.5) is 0 Å². The van der Waals surface area contributed by atoms with Crippen molar-refractivity contribution in [2.75, 3.05) is 13.1 Å².